The number of hydrogen-bond donors (Lipinski definition) is 3. The summed E-state index contributed by atoms with van der Waals surface area (Å²) in [7, 11) is 3.39. The van der Waals surface area contributed by atoms with E-state index in [1.54, 1.807) is 14.2 Å². The molecule has 0 aromatic heterocycles. The SMILES string of the molecule is COCCNCc1ccccc1OC.O=C(O)C(=O)O. The molecule has 0 aliphatic carbocycles. The molecular weight excluding hydrogens is 266 g/mol. The van der Waals surface area contributed by atoms with E-state index in [0.717, 1.165) is 25.4 Å². The van der Waals surface area contributed by atoms with Crippen LogP contribution < -0.4 is 10.1 Å². The number of nitrogens with one attached hydrogen (secondary N) is 1. The number of methoxy groups -OCH3 is 2. The van der Waals surface area contributed by atoms with E-state index in [0.29, 0.717) is 0 Å². The van der Waals surface area contributed by atoms with Crippen LogP contribution in [0.5, 0.6) is 5.75 Å². The Bertz CT molecular complexity index is 409. The molecule has 0 unspecified atom stereocenters. The first kappa shape index (κ1) is 17.9. The smallest absolute Gasteiger partial charge is 0.414 e. The largest absolute Gasteiger partial charge is 0.496 e. The molecule has 1 rings (SSSR count). The van der Waals surface area contributed by atoms with Gasteiger partial charge >= 0.3 is 11.9 Å². The molecule has 7 nitrogen and oxygen atoms in total. The van der Waals surface area contributed by atoms with E-state index in [9.17, 15) is 0 Å². The number of aliphatic carboxylic acids is 2. The Kier molecular flexibility index (Phi) is 9.63. The molecule has 0 saturated heterocycles. The summed E-state index contributed by atoms with van der Waals surface area (Å²) in [5.74, 6) is -2.72. The van der Waals surface area contributed by atoms with Crippen molar-refractivity contribution in [3.8, 4) is 5.75 Å². The fraction of sp³-hybridized carbons (Fsp3) is 0.385. The molecule has 7 heteroatoms. The maximum Gasteiger partial charge on any atom is 0.414 e. The van der Waals surface area contributed by atoms with Crippen LogP contribution in [0.2, 0.25) is 0 Å². The Morgan fingerprint density at radius 1 is 1.15 bits per heavy atom. The highest BCUT2D eigenvalue weighted by Crippen LogP contribution is 2.16. The molecule has 0 amide bonds. The van der Waals surface area contributed by atoms with Crippen LogP contribution in [0.4, 0.5) is 0 Å². The topological polar surface area (TPSA) is 105 Å². The summed E-state index contributed by atoms with van der Waals surface area (Å²) in [6, 6.07) is 8.00. The third-order valence-electron chi connectivity index (χ3n) is 2.17. The Balaban J connectivity index is 0.000000511. The summed E-state index contributed by atoms with van der Waals surface area (Å²) in [5.41, 5.74) is 1.17. The van der Waals surface area contributed by atoms with Gasteiger partial charge in [0.25, 0.3) is 0 Å². The van der Waals surface area contributed by atoms with Crippen molar-refractivity contribution in [1.82, 2.24) is 5.32 Å². The number of hydrogen-bond acceptors (Lipinski definition) is 5. The zero-order valence-electron chi connectivity index (χ0n) is 11.5. The molecule has 0 bridgehead atoms. The lowest BCUT2D eigenvalue weighted by atomic mass is 10.2. The van der Waals surface area contributed by atoms with Crippen LogP contribution in [0.15, 0.2) is 24.3 Å². The summed E-state index contributed by atoms with van der Waals surface area (Å²) < 4.78 is 10.2. The zero-order valence-corrected chi connectivity index (χ0v) is 11.5. The number of rotatable bonds is 6. The molecule has 0 heterocycles. The molecule has 0 saturated carbocycles. The fourth-order valence-electron chi connectivity index (χ4n) is 1.25. The third-order valence-corrected chi connectivity index (χ3v) is 2.17. The quantitative estimate of drug-likeness (QED) is 0.519. The minimum atomic E-state index is -1.82. The lowest BCUT2D eigenvalue weighted by Gasteiger charge is -2.08. The number of para-hydroxylation sites is 1. The number of carbonyl (C=O) groups is 2. The number of carboxylic acid groups (broad SMARTS) is 2. The van der Waals surface area contributed by atoms with E-state index in [1.807, 2.05) is 18.2 Å². The Morgan fingerprint density at radius 3 is 2.25 bits per heavy atom. The second kappa shape index (κ2) is 10.8. The van der Waals surface area contributed by atoms with Gasteiger partial charge in [0, 0.05) is 25.8 Å². The van der Waals surface area contributed by atoms with Gasteiger partial charge in [-0.05, 0) is 6.07 Å². The van der Waals surface area contributed by atoms with Gasteiger partial charge in [-0.2, -0.15) is 0 Å². The molecule has 3 N–H and O–H groups in total. The van der Waals surface area contributed by atoms with Gasteiger partial charge in [0.2, 0.25) is 0 Å². The normalized spacial score (nSPS) is 9.30. The summed E-state index contributed by atoms with van der Waals surface area (Å²) in [6.45, 7) is 2.40. The van der Waals surface area contributed by atoms with Crippen molar-refractivity contribution in [2.45, 2.75) is 6.54 Å². The molecule has 0 radical (unpaired) electrons. The second-order valence-electron chi connectivity index (χ2n) is 3.59. The number of ether oxygens (including phenoxy) is 2. The summed E-state index contributed by atoms with van der Waals surface area (Å²) >= 11 is 0. The highest BCUT2D eigenvalue weighted by Gasteiger charge is 2.04. The van der Waals surface area contributed by atoms with Crippen LogP contribution in [0.3, 0.4) is 0 Å². The molecule has 0 fully saturated rings. The van der Waals surface area contributed by atoms with Gasteiger partial charge in [-0.1, -0.05) is 18.2 Å². The Hall–Kier alpha value is -2.12. The van der Waals surface area contributed by atoms with Crippen LogP contribution in [-0.4, -0.2) is 49.5 Å². The lowest BCUT2D eigenvalue weighted by molar-refractivity contribution is -0.159. The predicted octanol–water partition coefficient (Wildman–Crippen LogP) is 0.587. The Labute approximate surface area is 117 Å². The van der Waals surface area contributed by atoms with Gasteiger partial charge in [-0.25, -0.2) is 9.59 Å². The summed E-state index contributed by atoms with van der Waals surface area (Å²) in [6.07, 6.45) is 0. The van der Waals surface area contributed by atoms with Gasteiger partial charge in [0.1, 0.15) is 5.75 Å². The van der Waals surface area contributed by atoms with Gasteiger partial charge in [-0.3, -0.25) is 0 Å². The van der Waals surface area contributed by atoms with Crippen molar-refractivity contribution >= 4 is 11.9 Å². The first-order chi connectivity index (χ1) is 9.52. The first-order valence-corrected chi connectivity index (χ1v) is 5.80. The van der Waals surface area contributed by atoms with Crippen LogP contribution in [0.25, 0.3) is 0 Å². The van der Waals surface area contributed by atoms with Gasteiger partial charge < -0.3 is 25.0 Å². The molecule has 0 aliphatic rings. The zero-order chi connectivity index (χ0) is 15.4. The van der Waals surface area contributed by atoms with Crippen LogP contribution in [0, 0.1) is 0 Å². The predicted molar refractivity (Wildman–Crippen MR) is 71.8 cm³/mol. The first-order valence-electron chi connectivity index (χ1n) is 5.80. The minimum Gasteiger partial charge on any atom is -0.496 e. The Morgan fingerprint density at radius 2 is 1.75 bits per heavy atom. The van der Waals surface area contributed by atoms with Gasteiger partial charge in [-0.15, -0.1) is 0 Å². The summed E-state index contributed by atoms with van der Waals surface area (Å²) in [4.78, 5) is 18.2. The fourth-order valence-corrected chi connectivity index (χ4v) is 1.25. The van der Waals surface area contributed by atoms with Crippen LogP contribution >= 0.6 is 0 Å². The molecule has 1 aromatic carbocycles. The van der Waals surface area contributed by atoms with Crippen molar-refractivity contribution in [2.75, 3.05) is 27.4 Å². The number of carboxylic acids is 2. The average molecular weight is 285 g/mol. The molecule has 20 heavy (non-hydrogen) atoms. The van der Waals surface area contributed by atoms with Crippen molar-refractivity contribution in [1.29, 1.82) is 0 Å². The van der Waals surface area contributed by atoms with Gasteiger partial charge in [0.15, 0.2) is 0 Å². The molecule has 112 valence electrons. The van der Waals surface area contributed by atoms with E-state index in [4.69, 9.17) is 29.3 Å². The van der Waals surface area contributed by atoms with Gasteiger partial charge in [0.05, 0.1) is 13.7 Å². The highest BCUT2D eigenvalue weighted by atomic mass is 16.5. The standard InChI is InChI=1S/C11H17NO2.C2H2O4/c1-13-8-7-12-9-10-5-3-4-6-11(10)14-2;3-1(4)2(5)6/h3-6,12H,7-9H2,1-2H3;(H,3,4)(H,5,6). The minimum absolute atomic E-state index is 0.731. The van der Waals surface area contributed by atoms with E-state index in [1.165, 1.54) is 5.56 Å². The van der Waals surface area contributed by atoms with Crippen molar-refractivity contribution < 1.29 is 29.3 Å². The summed E-state index contributed by atoms with van der Waals surface area (Å²) in [5, 5.41) is 18.1. The monoisotopic (exact) mass is 285 g/mol. The van der Waals surface area contributed by atoms with E-state index < -0.39 is 11.9 Å². The van der Waals surface area contributed by atoms with Crippen molar-refractivity contribution in [3.05, 3.63) is 29.8 Å². The van der Waals surface area contributed by atoms with E-state index >= 15 is 0 Å². The maximum atomic E-state index is 9.10. The van der Waals surface area contributed by atoms with E-state index in [2.05, 4.69) is 11.4 Å². The highest BCUT2D eigenvalue weighted by molar-refractivity contribution is 6.27. The van der Waals surface area contributed by atoms with Crippen LogP contribution in [0.1, 0.15) is 5.56 Å². The van der Waals surface area contributed by atoms with Crippen LogP contribution in [-0.2, 0) is 20.9 Å². The third kappa shape index (κ3) is 8.06. The molecular formula is C13H19NO6. The molecule has 1 aromatic rings. The number of benzene rings is 1. The molecule has 0 atom stereocenters. The lowest BCUT2D eigenvalue weighted by Crippen LogP contribution is -2.18. The second-order valence-corrected chi connectivity index (χ2v) is 3.59. The van der Waals surface area contributed by atoms with Crippen molar-refractivity contribution in [2.24, 2.45) is 0 Å². The molecule has 0 aliphatic heterocycles. The van der Waals surface area contributed by atoms with E-state index in [-0.39, 0.29) is 0 Å². The molecule has 0 spiro atoms. The average Bonchev–Trinajstić information content (AvgIpc) is 2.44. The van der Waals surface area contributed by atoms with Crippen molar-refractivity contribution in [3.63, 3.8) is 0 Å². The maximum absolute atomic E-state index is 9.10.